The zero-order valence-corrected chi connectivity index (χ0v) is 12.2. The van der Waals surface area contributed by atoms with Gasteiger partial charge in [-0.3, -0.25) is 9.59 Å². The van der Waals surface area contributed by atoms with Gasteiger partial charge in [0.05, 0.1) is 11.0 Å². The highest BCUT2D eigenvalue weighted by molar-refractivity contribution is 6.31. The molecule has 1 aromatic rings. The Balaban J connectivity index is 2.19. The van der Waals surface area contributed by atoms with E-state index in [9.17, 15) is 14.7 Å². The number of nitrogens with two attached hydrogens (primary N) is 1. The Labute approximate surface area is 127 Å². The largest absolute Gasteiger partial charge is 0.481 e. The van der Waals surface area contributed by atoms with Gasteiger partial charge in [0.1, 0.15) is 0 Å². The molecule has 1 aromatic carbocycles. The fraction of sp³-hybridized carbons (Fsp3) is 0.429. The van der Waals surface area contributed by atoms with Crippen LogP contribution in [0.25, 0.3) is 0 Å². The van der Waals surface area contributed by atoms with Crippen molar-refractivity contribution < 1.29 is 19.4 Å². The molecule has 0 atom stereocenters. The highest BCUT2D eigenvalue weighted by Gasteiger charge is 2.40. The molecule has 0 aromatic heterocycles. The average molecular weight is 313 g/mol. The number of carbonyl (C=O) groups excluding carboxylic acids is 1. The van der Waals surface area contributed by atoms with Crippen molar-refractivity contribution in [2.75, 3.05) is 25.1 Å². The molecule has 4 N–H and O–H groups in total. The molecular weight excluding hydrogens is 296 g/mol. The predicted octanol–water partition coefficient (Wildman–Crippen LogP) is 1.73. The minimum Gasteiger partial charge on any atom is -0.481 e. The second-order valence-electron chi connectivity index (χ2n) is 5.11. The number of halogens is 1. The Hall–Kier alpha value is -1.79. The first kappa shape index (κ1) is 15.6. The highest BCUT2D eigenvalue weighted by atomic mass is 35.5. The van der Waals surface area contributed by atoms with Crippen LogP contribution in [0.3, 0.4) is 0 Å². The maximum Gasteiger partial charge on any atom is 0.311 e. The van der Waals surface area contributed by atoms with E-state index < -0.39 is 17.3 Å². The number of carboxylic acids is 1. The summed E-state index contributed by atoms with van der Waals surface area (Å²) in [6.45, 7) is 1.00. The van der Waals surface area contributed by atoms with Gasteiger partial charge in [0.25, 0.3) is 5.91 Å². The van der Waals surface area contributed by atoms with Crippen molar-refractivity contribution >= 4 is 29.2 Å². The molecule has 7 heteroatoms. The number of ether oxygens (including phenoxy) is 1. The van der Waals surface area contributed by atoms with Crippen molar-refractivity contribution in [3.8, 4) is 0 Å². The lowest BCUT2D eigenvalue weighted by atomic mass is 9.80. The van der Waals surface area contributed by atoms with E-state index >= 15 is 0 Å². The Kier molecular flexibility index (Phi) is 4.69. The Morgan fingerprint density at radius 2 is 2.05 bits per heavy atom. The molecule has 1 fully saturated rings. The molecule has 6 nitrogen and oxygen atoms in total. The topological polar surface area (TPSA) is 102 Å². The molecule has 1 aliphatic rings. The van der Waals surface area contributed by atoms with Crippen LogP contribution in [0.4, 0.5) is 5.69 Å². The lowest BCUT2D eigenvalue weighted by Crippen LogP contribution is -2.42. The number of anilines is 1. The van der Waals surface area contributed by atoms with Gasteiger partial charge in [-0.25, -0.2) is 0 Å². The van der Waals surface area contributed by atoms with Crippen LogP contribution in [0.15, 0.2) is 18.2 Å². The monoisotopic (exact) mass is 312 g/mol. The number of primary amides is 1. The summed E-state index contributed by atoms with van der Waals surface area (Å²) in [4.78, 5) is 23.0. The normalized spacial score (nSPS) is 17.2. The predicted molar refractivity (Wildman–Crippen MR) is 78.6 cm³/mol. The minimum absolute atomic E-state index is 0.187. The van der Waals surface area contributed by atoms with Crippen LogP contribution in [-0.2, 0) is 9.53 Å². The molecule has 1 saturated heterocycles. The molecule has 1 heterocycles. The highest BCUT2D eigenvalue weighted by Crippen LogP contribution is 2.32. The molecule has 0 radical (unpaired) electrons. The summed E-state index contributed by atoms with van der Waals surface area (Å²) in [5.41, 5.74) is 5.13. The third-order valence-electron chi connectivity index (χ3n) is 3.77. The third kappa shape index (κ3) is 3.46. The standard InChI is InChI=1S/C14H17ClN2O4/c15-9-1-2-10(12(16)18)11(7-9)17-8-14(13(19)20)3-5-21-6-4-14/h1-2,7,17H,3-6,8H2,(H2,16,18)(H,19,20). The van der Waals surface area contributed by atoms with E-state index in [1.807, 2.05) is 0 Å². The van der Waals surface area contributed by atoms with Gasteiger partial charge in [0.2, 0.25) is 0 Å². The molecule has 0 unspecified atom stereocenters. The van der Waals surface area contributed by atoms with Crippen LogP contribution in [0, 0.1) is 5.41 Å². The van der Waals surface area contributed by atoms with Crippen LogP contribution in [0.2, 0.25) is 5.02 Å². The second-order valence-corrected chi connectivity index (χ2v) is 5.54. The van der Waals surface area contributed by atoms with Crippen molar-refractivity contribution in [3.05, 3.63) is 28.8 Å². The van der Waals surface area contributed by atoms with Gasteiger partial charge in [-0.1, -0.05) is 11.6 Å². The summed E-state index contributed by atoms with van der Waals surface area (Å²) in [5, 5.41) is 12.9. The molecule has 0 aliphatic carbocycles. The maximum absolute atomic E-state index is 11.6. The van der Waals surface area contributed by atoms with E-state index in [0.29, 0.717) is 36.8 Å². The fourth-order valence-electron chi connectivity index (χ4n) is 2.37. The van der Waals surface area contributed by atoms with E-state index in [-0.39, 0.29) is 12.1 Å². The van der Waals surface area contributed by atoms with Gasteiger partial charge in [0.15, 0.2) is 0 Å². The number of carboxylic acid groups (broad SMARTS) is 1. The van der Waals surface area contributed by atoms with Crippen LogP contribution in [-0.4, -0.2) is 36.7 Å². The molecule has 114 valence electrons. The minimum atomic E-state index is -0.907. The maximum atomic E-state index is 11.6. The zero-order chi connectivity index (χ0) is 15.5. The van der Waals surface area contributed by atoms with Gasteiger partial charge in [-0.2, -0.15) is 0 Å². The smallest absolute Gasteiger partial charge is 0.311 e. The molecule has 0 saturated carbocycles. The van der Waals surface area contributed by atoms with Gasteiger partial charge in [-0.05, 0) is 31.0 Å². The molecular formula is C14H17ClN2O4. The Bertz CT molecular complexity index is 556. The Morgan fingerprint density at radius 3 is 2.62 bits per heavy atom. The summed E-state index contributed by atoms with van der Waals surface area (Å²) in [7, 11) is 0. The summed E-state index contributed by atoms with van der Waals surface area (Å²) in [6, 6.07) is 4.65. The number of hydrogen-bond donors (Lipinski definition) is 3. The number of aliphatic carboxylic acids is 1. The summed E-state index contributed by atoms with van der Waals surface area (Å²) in [6.07, 6.45) is 0.837. The Morgan fingerprint density at radius 1 is 1.38 bits per heavy atom. The second kappa shape index (κ2) is 6.32. The SMILES string of the molecule is NC(=O)c1ccc(Cl)cc1NCC1(C(=O)O)CCOCC1. The first-order valence-electron chi connectivity index (χ1n) is 6.59. The molecule has 1 aliphatic heterocycles. The van der Waals surface area contributed by atoms with E-state index in [1.165, 1.54) is 6.07 Å². The van der Waals surface area contributed by atoms with Crippen LogP contribution >= 0.6 is 11.6 Å². The lowest BCUT2D eigenvalue weighted by molar-refractivity contribution is -0.153. The molecule has 0 spiro atoms. The number of nitrogens with one attached hydrogen (secondary N) is 1. The number of amides is 1. The van der Waals surface area contributed by atoms with Crippen molar-refractivity contribution in [1.82, 2.24) is 0 Å². The number of carbonyl (C=O) groups is 2. The first-order valence-corrected chi connectivity index (χ1v) is 6.97. The summed E-state index contributed by atoms with van der Waals surface area (Å²) >= 11 is 5.91. The third-order valence-corrected chi connectivity index (χ3v) is 4.00. The number of benzene rings is 1. The summed E-state index contributed by atoms with van der Waals surface area (Å²) < 4.78 is 5.22. The van der Waals surface area contributed by atoms with Gasteiger partial charge in [-0.15, -0.1) is 0 Å². The molecule has 2 rings (SSSR count). The lowest BCUT2D eigenvalue weighted by Gasteiger charge is -2.33. The van der Waals surface area contributed by atoms with Crippen molar-refractivity contribution in [2.45, 2.75) is 12.8 Å². The van der Waals surface area contributed by atoms with Crippen LogP contribution < -0.4 is 11.1 Å². The van der Waals surface area contributed by atoms with Crippen LogP contribution in [0.5, 0.6) is 0 Å². The van der Waals surface area contributed by atoms with E-state index in [2.05, 4.69) is 5.32 Å². The van der Waals surface area contributed by atoms with Crippen molar-refractivity contribution in [3.63, 3.8) is 0 Å². The molecule has 0 bridgehead atoms. The van der Waals surface area contributed by atoms with Gasteiger partial charge < -0.3 is 20.9 Å². The van der Waals surface area contributed by atoms with Gasteiger partial charge in [0, 0.05) is 30.5 Å². The van der Waals surface area contributed by atoms with Crippen LogP contribution in [0.1, 0.15) is 23.2 Å². The van der Waals surface area contributed by atoms with Crippen molar-refractivity contribution in [2.24, 2.45) is 11.1 Å². The zero-order valence-electron chi connectivity index (χ0n) is 11.4. The van der Waals surface area contributed by atoms with E-state index in [4.69, 9.17) is 22.1 Å². The molecule has 1 amide bonds. The molecule has 21 heavy (non-hydrogen) atoms. The average Bonchev–Trinajstić information content (AvgIpc) is 2.45. The van der Waals surface area contributed by atoms with E-state index in [1.54, 1.807) is 12.1 Å². The van der Waals surface area contributed by atoms with Gasteiger partial charge >= 0.3 is 5.97 Å². The number of hydrogen-bond acceptors (Lipinski definition) is 4. The first-order chi connectivity index (χ1) is 9.94. The fourth-order valence-corrected chi connectivity index (χ4v) is 2.54. The summed E-state index contributed by atoms with van der Waals surface area (Å²) in [5.74, 6) is -1.47. The quantitative estimate of drug-likeness (QED) is 0.768. The number of rotatable bonds is 5. The van der Waals surface area contributed by atoms with E-state index in [0.717, 1.165) is 0 Å². The van der Waals surface area contributed by atoms with Crippen molar-refractivity contribution in [1.29, 1.82) is 0 Å².